The summed E-state index contributed by atoms with van der Waals surface area (Å²) in [6, 6.07) is 22.4. The van der Waals surface area contributed by atoms with Gasteiger partial charge in [-0.3, -0.25) is 14.1 Å². The van der Waals surface area contributed by atoms with E-state index in [0.29, 0.717) is 23.6 Å². The smallest absolute Gasteiger partial charge is 0.266 e. The number of benzene rings is 3. The third-order valence-corrected chi connectivity index (χ3v) is 7.82. The molecule has 3 N–H and O–H groups in total. The van der Waals surface area contributed by atoms with Crippen LogP contribution >= 0.6 is 0 Å². The Bertz CT molecular complexity index is 1440. The Balaban J connectivity index is 1.47. The highest BCUT2D eigenvalue weighted by molar-refractivity contribution is 7.85. The van der Waals surface area contributed by atoms with Crippen LogP contribution in [0, 0.1) is 5.92 Å². The summed E-state index contributed by atoms with van der Waals surface area (Å²) < 4.78 is 36.4. The van der Waals surface area contributed by atoms with Crippen molar-refractivity contribution in [1.29, 1.82) is 0 Å². The van der Waals surface area contributed by atoms with Gasteiger partial charge in [0.25, 0.3) is 16.0 Å². The zero-order valence-electron chi connectivity index (χ0n) is 23.7. The molecule has 2 amide bonds. The van der Waals surface area contributed by atoms with Crippen LogP contribution in [0.15, 0.2) is 72.8 Å². The van der Waals surface area contributed by atoms with E-state index in [4.69, 9.17) is 9.29 Å². The fraction of sp³-hybridized carbons (Fsp3) is 0.375. The van der Waals surface area contributed by atoms with Crippen LogP contribution < -0.4 is 15.4 Å². The van der Waals surface area contributed by atoms with E-state index in [1.54, 1.807) is 24.3 Å². The predicted octanol–water partition coefficient (Wildman–Crippen LogP) is 5.36. The van der Waals surface area contributed by atoms with Crippen molar-refractivity contribution in [2.45, 2.75) is 51.4 Å². The molecule has 0 saturated heterocycles. The first-order valence-electron chi connectivity index (χ1n) is 13.8. The molecule has 1 fully saturated rings. The van der Waals surface area contributed by atoms with E-state index in [1.165, 1.54) is 18.4 Å². The topological polar surface area (TPSA) is 122 Å². The highest BCUT2D eigenvalue weighted by atomic mass is 32.2. The van der Waals surface area contributed by atoms with Gasteiger partial charge in [0.15, 0.2) is 0 Å². The molecular formula is C32H38N2O6S. The van der Waals surface area contributed by atoms with Gasteiger partial charge in [0, 0.05) is 17.8 Å². The second-order valence-corrected chi connectivity index (χ2v) is 13.2. The maximum atomic E-state index is 13.6. The first-order chi connectivity index (χ1) is 19.4. The predicted molar refractivity (Wildman–Crippen MR) is 160 cm³/mol. The van der Waals surface area contributed by atoms with Gasteiger partial charge in [-0.2, -0.15) is 8.42 Å². The second-order valence-electron chi connectivity index (χ2n) is 11.6. The van der Waals surface area contributed by atoms with Gasteiger partial charge in [0.05, 0.1) is 18.3 Å². The fourth-order valence-corrected chi connectivity index (χ4v) is 4.72. The lowest BCUT2D eigenvalue weighted by Gasteiger charge is -2.22. The highest BCUT2D eigenvalue weighted by Gasteiger charge is 2.24. The molecule has 1 unspecified atom stereocenters. The van der Waals surface area contributed by atoms with Gasteiger partial charge >= 0.3 is 0 Å². The average Bonchev–Trinajstić information content (AvgIpc) is 3.75. The van der Waals surface area contributed by atoms with E-state index in [9.17, 15) is 18.0 Å². The van der Waals surface area contributed by atoms with Crippen LogP contribution in [0.3, 0.4) is 0 Å². The Morgan fingerprint density at radius 3 is 2.15 bits per heavy atom. The number of rotatable bonds is 12. The summed E-state index contributed by atoms with van der Waals surface area (Å²) in [6.07, 6.45) is 2.85. The molecule has 9 heteroatoms. The lowest BCUT2D eigenvalue weighted by Crippen LogP contribution is -2.28. The molecule has 0 aromatic heterocycles. The number of carbonyl (C=O) groups is 2. The van der Waals surface area contributed by atoms with Gasteiger partial charge in [-0.1, -0.05) is 57.2 Å². The summed E-state index contributed by atoms with van der Waals surface area (Å²) in [6.45, 7) is 6.96. The Labute approximate surface area is 242 Å². The van der Waals surface area contributed by atoms with Crippen LogP contribution in [-0.2, 0) is 26.7 Å². The Morgan fingerprint density at radius 2 is 1.59 bits per heavy atom. The number of anilines is 1. The number of nitrogens with one attached hydrogen (secondary N) is 2. The van der Waals surface area contributed by atoms with Crippen LogP contribution in [0.2, 0.25) is 0 Å². The summed E-state index contributed by atoms with van der Waals surface area (Å²) in [5.41, 5.74) is 3.93. The van der Waals surface area contributed by atoms with Crippen LogP contribution in [0.4, 0.5) is 5.69 Å². The summed E-state index contributed by atoms with van der Waals surface area (Å²) in [5.74, 6) is -0.189. The SMILES string of the molecule is CC(C)(C)c1ccc(C(Cc2ccc(C(=O)NCCS(=O)(=O)O)cc2)C(=O)Nc2ccc(OCC3CC3)cc2)cc1. The van der Waals surface area contributed by atoms with E-state index >= 15 is 0 Å². The maximum Gasteiger partial charge on any atom is 0.266 e. The molecule has 0 spiro atoms. The Hall–Kier alpha value is -3.69. The summed E-state index contributed by atoms with van der Waals surface area (Å²) in [5, 5.41) is 5.52. The fourth-order valence-electron chi connectivity index (χ4n) is 4.36. The summed E-state index contributed by atoms with van der Waals surface area (Å²) in [7, 11) is -4.16. The normalized spacial score (nSPS) is 14.2. The molecule has 3 aromatic carbocycles. The number of carbonyl (C=O) groups excluding carboxylic acids is 2. The first-order valence-corrected chi connectivity index (χ1v) is 15.4. The zero-order chi connectivity index (χ0) is 29.6. The van der Waals surface area contributed by atoms with Crippen molar-refractivity contribution in [2.24, 2.45) is 5.92 Å². The van der Waals surface area contributed by atoms with Gasteiger partial charge in [-0.15, -0.1) is 0 Å². The molecule has 41 heavy (non-hydrogen) atoms. The highest BCUT2D eigenvalue weighted by Crippen LogP contribution is 2.30. The quantitative estimate of drug-likeness (QED) is 0.249. The molecule has 1 aliphatic carbocycles. The molecule has 218 valence electrons. The number of amides is 2. The monoisotopic (exact) mass is 578 g/mol. The summed E-state index contributed by atoms with van der Waals surface area (Å²) in [4.78, 5) is 26.0. The lowest BCUT2D eigenvalue weighted by molar-refractivity contribution is -0.117. The number of ether oxygens (including phenoxy) is 1. The zero-order valence-corrected chi connectivity index (χ0v) is 24.5. The van der Waals surface area contributed by atoms with Crippen molar-refractivity contribution in [1.82, 2.24) is 5.32 Å². The van der Waals surface area contributed by atoms with E-state index in [-0.39, 0.29) is 17.9 Å². The molecule has 4 rings (SSSR count). The van der Waals surface area contributed by atoms with Crippen molar-refractivity contribution < 1.29 is 27.3 Å². The van der Waals surface area contributed by atoms with Gasteiger partial charge in [0.1, 0.15) is 5.75 Å². The molecule has 1 aliphatic rings. The molecule has 1 saturated carbocycles. The molecular weight excluding hydrogens is 540 g/mol. The van der Waals surface area contributed by atoms with E-state index in [1.807, 2.05) is 36.4 Å². The Kier molecular flexibility index (Phi) is 9.50. The average molecular weight is 579 g/mol. The van der Waals surface area contributed by atoms with Crippen LogP contribution in [0.1, 0.15) is 66.6 Å². The van der Waals surface area contributed by atoms with Crippen molar-refractivity contribution in [3.8, 4) is 5.75 Å². The van der Waals surface area contributed by atoms with Crippen molar-refractivity contribution >= 4 is 27.6 Å². The van der Waals surface area contributed by atoms with Gasteiger partial charge in [0.2, 0.25) is 5.91 Å². The summed E-state index contributed by atoms with van der Waals surface area (Å²) >= 11 is 0. The molecule has 0 aliphatic heterocycles. The Morgan fingerprint density at radius 1 is 0.951 bits per heavy atom. The molecule has 1 atom stereocenters. The first kappa shape index (κ1) is 30.3. The minimum Gasteiger partial charge on any atom is -0.493 e. The van der Waals surface area contributed by atoms with Crippen LogP contribution in [-0.4, -0.2) is 43.7 Å². The molecule has 3 aromatic rings. The lowest BCUT2D eigenvalue weighted by atomic mass is 9.84. The molecule has 0 heterocycles. The maximum absolute atomic E-state index is 13.6. The van der Waals surface area contributed by atoms with Crippen molar-refractivity contribution in [3.05, 3.63) is 95.1 Å². The molecule has 0 radical (unpaired) electrons. The largest absolute Gasteiger partial charge is 0.493 e. The van der Waals surface area contributed by atoms with Gasteiger partial charge in [-0.05, 0) is 83.7 Å². The van der Waals surface area contributed by atoms with E-state index in [2.05, 4.69) is 43.5 Å². The van der Waals surface area contributed by atoms with E-state index in [0.717, 1.165) is 23.5 Å². The van der Waals surface area contributed by atoms with Crippen molar-refractivity contribution in [2.75, 3.05) is 24.2 Å². The third-order valence-electron chi connectivity index (χ3n) is 7.10. The molecule has 0 bridgehead atoms. The van der Waals surface area contributed by atoms with Gasteiger partial charge in [-0.25, -0.2) is 0 Å². The number of hydrogen-bond donors (Lipinski definition) is 3. The minimum absolute atomic E-state index is 0.0165. The molecule has 8 nitrogen and oxygen atoms in total. The minimum atomic E-state index is -4.16. The second kappa shape index (κ2) is 12.9. The van der Waals surface area contributed by atoms with Crippen LogP contribution in [0.5, 0.6) is 5.75 Å². The number of hydrogen-bond acceptors (Lipinski definition) is 5. The van der Waals surface area contributed by atoms with E-state index < -0.39 is 27.7 Å². The third kappa shape index (κ3) is 9.43. The van der Waals surface area contributed by atoms with Gasteiger partial charge < -0.3 is 15.4 Å². The van der Waals surface area contributed by atoms with Crippen molar-refractivity contribution in [3.63, 3.8) is 0 Å². The van der Waals surface area contributed by atoms with Crippen LogP contribution in [0.25, 0.3) is 0 Å². The standard InChI is InChI=1S/C32H38N2O6S/c1-32(2,3)26-12-10-24(11-13-26)29(31(36)34-27-14-16-28(17-15-27)40-21-23-4-5-23)20-22-6-8-25(9-7-22)30(35)33-18-19-41(37,38)39/h6-17,23,29H,4-5,18-21H2,1-3H3,(H,33,35)(H,34,36)(H,37,38,39).